The van der Waals surface area contributed by atoms with Gasteiger partial charge in [0.2, 0.25) is 0 Å². The molecule has 1 N–H and O–H groups in total. The Labute approximate surface area is 96.2 Å². The van der Waals surface area contributed by atoms with Crippen LogP contribution in [0.15, 0.2) is 18.2 Å². The fraction of sp³-hybridized carbons (Fsp3) is 0.455. The minimum Gasteiger partial charge on any atom is -0.497 e. The predicted octanol–water partition coefficient (Wildman–Crippen LogP) is 1.81. The Morgan fingerprint density at radius 2 is 1.93 bits per heavy atom. The van der Waals surface area contributed by atoms with Crippen LogP contribution in [0.1, 0.15) is 11.5 Å². The summed E-state index contributed by atoms with van der Waals surface area (Å²) in [6, 6.07) is 5.95. The van der Waals surface area contributed by atoms with E-state index in [9.17, 15) is 0 Å². The van der Waals surface area contributed by atoms with Crippen molar-refractivity contribution in [2.75, 3.05) is 27.3 Å². The van der Waals surface area contributed by atoms with E-state index in [0.29, 0.717) is 5.92 Å². The highest BCUT2D eigenvalue weighted by Gasteiger charge is 2.22. The molecule has 0 aliphatic carbocycles. The summed E-state index contributed by atoms with van der Waals surface area (Å²) in [5, 5.41) is 3.25. The lowest BCUT2D eigenvalue weighted by Gasteiger charge is -2.29. The van der Waals surface area contributed by atoms with Crippen molar-refractivity contribution in [1.29, 1.82) is 0 Å². The van der Waals surface area contributed by atoms with Crippen LogP contribution in [0.2, 0.25) is 0 Å². The number of hydrogen-bond acceptors (Lipinski definition) is 3. The zero-order valence-corrected chi connectivity index (χ0v) is 9.76. The van der Waals surface area contributed by atoms with Crippen molar-refractivity contribution < 1.29 is 9.47 Å². The Balaban J connectivity index is 0.00000112. The number of rotatable bonds is 3. The third-order valence-electron chi connectivity index (χ3n) is 2.66. The first-order chi connectivity index (χ1) is 6.85. The predicted molar refractivity (Wildman–Crippen MR) is 62.4 cm³/mol. The van der Waals surface area contributed by atoms with Gasteiger partial charge in [-0.3, -0.25) is 0 Å². The molecule has 1 fully saturated rings. The normalized spacial score (nSPS) is 15.1. The van der Waals surface area contributed by atoms with E-state index < -0.39 is 0 Å². The van der Waals surface area contributed by atoms with Crippen molar-refractivity contribution in [3.05, 3.63) is 23.8 Å². The molecule has 0 spiro atoms. The number of benzene rings is 1. The molecule has 0 aromatic heterocycles. The molecule has 1 saturated heterocycles. The monoisotopic (exact) mass is 229 g/mol. The van der Waals surface area contributed by atoms with Gasteiger partial charge in [0.15, 0.2) is 0 Å². The standard InChI is InChI=1S/C11H15NO2.ClH/c1-13-9-3-4-11(14-2)10(5-9)8-6-12-7-8;/h3-5,8,12H,6-7H2,1-2H3;1H. The Morgan fingerprint density at radius 3 is 2.40 bits per heavy atom. The van der Waals surface area contributed by atoms with Gasteiger partial charge in [0, 0.05) is 24.6 Å². The maximum absolute atomic E-state index is 5.32. The van der Waals surface area contributed by atoms with Crippen molar-refractivity contribution in [3.8, 4) is 11.5 Å². The number of methoxy groups -OCH3 is 2. The molecule has 4 heteroatoms. The second-order valence-corrected chi connectivity index (χ2v) is 3.46. The molecule has 0 unspecified atom stereocenters. The molecule has 0 radical (unpaired) electrons. The van der Waals surface area contributed by atoms with Gasteiger partial charge in [-0.1, -0.05) is 0 Å². The lowest BCUT2D eigenvalue weighted by atomic mass is 9.93. The molecule has 3 nitrogen and oxygen atoms in total. The summed E-state index contributed by atoms with van der Waals surface area (Å²) in [4.78, 5) is 0. The lowest BCUT2D eigenvalue weighted by Crippen LogP contribution is -2.40. The quantitative estimate of drug-likeness (QED) is 0.858. The Hall–Kier alpha value is -0.930. The largest absolute Gasteiger partial charge is 0.497 e. The smallest absolute Gasteiger partial charge is 0.122 e. The highest BCUT2D eigenvalue weighted by molar-refractivity contribution is 5.85. The molecule has 15 heavy (non-hydrogen) atoms. The average Bonchev–Trinajstić information content (AvgIpc) is 2.15. The van der Waals surface area contributed by atoms with Crippen molar-refractivity contribution in [2.45, 2.75) is 5.92 Å². The molecule has 0 amide bonds. The molecule has 1 aliphatic heterocycles. The molecule has 0 bridgehead atoms. The SMILES string of the molecule is COc1ccc(OC)c(C2CNC2)c1.Cl. The minimum absolute atomic E-state index is 0. The number of hydrogen-bond donors (Lipinski definition) is 1. The van der Waals surface area contributed by atoms with E-state index in [-0.39, 0.29) is 12.4 Å². The Bertz CT molecular complexity index is 326. The molecule has 1 aliphatic rings. The van der Waals surface area contributed by atoms with Crippen LogP contribution in [0.4, 0.5) is 0 Å². The highest BCUT2D eigenvalue weighted by atomic mass is 35.5. The molecule has 1 heterocycles. The molecule has 84 valence electrons. The molecular formula is C11H16ClNO2. The molecule has 1 aromatic rings. The van der Waals surface area contributed by atoms with Crippen LogP contribution in [-0.2, 0) is 0 Å². The zero-order chi connectivity index (χ0) is 9.97. The number of halogens is 1. The van der Waals surface area contributed by atoms with Crippen molar-refractivity contribution >= 4 is 12.4 Å². The fourth-order valence-corrected chi connectivity index (χ4v) is 1.67. The summed E-state index contributed by atoms with van der Waals surface area (Å²) in [6.07, 6.45) is 0. The molecule has 2 rings (SSSR count). The van der Waals surface area contributed by atoms with Crippen LogP contribution in [0.5, 0.6) is 11.5 Å². The molecule has 0 saturated carbocycles. The van der Waals surface area contributed by atoms with E-state index in [4.69, 9.17) is 9.47 Å². The van der Waals surface area contributed by atoms with Gasteiger partial charge >= 0.3 is 0 Å². The third-order valence-corrected chi connectivity index (χ3v) is 2.66. The van der Waals surface area contributed by atoms with Crippen LogP contribution in [-0.4, -0.2) is 27.3 Å². The van der Waals surface area contributed by atoms with Gasteiger partial charge in [-0.25, -0.2) is 0 Å². The van der Waals surface area contributed by atoms with Gasteiger partial charge < -0.3 is 14.8 Å². The number of nitrogens with one attached hydrogen (secondary N) is 1. The van der Waals surface area contributed by atoms with E-state index in [1.807, 2.05) is 12.1 Å². The second-order valence-electron chi connectivity index (χ2n) is 3.46. The van der Waals surface area contributed by atoms with Crippen LogP contribution in [0.25, 0.3) is 0 Å². The van der Waals surface area contributed by atoms with E-state index in [0.717, 1.165) is 24.6 Å². The Kier molecular flexibility index (Phi) is 4.24. The van der Waals surface area contributed by atoms with E-state index in [1.54, 1.807) is 14.2 Å². The molecule has 1 aromatic carbocycles. The molecule has 0 atom stereocenters. The summed E-state index contributed by atoms with van der Waals surface area (Å²) in [5.41, 5.74) is 1.24. The average molecular weight is 230 g/mol. The lowest BCUT2D eigenvalue weighted by molar-refractivity contribution is 0.378. The second kappa shape index (κ2) is 5.24. The van der Waals surface area contributed by atoms with Gasteiger partial charge in [0.25, 0.3) is 0 Å². The van der Waals surface area contributed by atoms with Gasteiger partial charge in [-0.2, -0.15) is 0 Å². The first-order valence-corrected chi connectivity index (χ1v) is 4.78. The van der Waals surface area contributed by atoms with E-state index >= 15 is 0 Å². The summed E-state index contributed by atoms with van der Waals surface area (Å²) >= 11 is 0. The number of ether oxygens (including phenoxy) is 2. The first kappa shape index (κ1) is 12.1. The summed E-state index contributed by atoms with van der Waals surface area (Å²) in [5.74, 6) is 2.42. The van der Waals surface area contributed by atoms with Crippen LogP contribution in [0.3, 0.4) is 0 Å². The minimum atomic E-state index is 0. The summed E-state index contributed by atoms with van der Waals surface area (Å²) in [6.45, 7) is 2.06. The van der Waals surface area contributed by atoms with Crippen LogP contribution in [0, 0.1) is 0 Å². The van der Waals surface area contributed by atoms with E-state index in [2.05, 4.69) is 11.4 Å². The topological polar surface area (TPSA) is 30.5 Å². The maximum atomic E-state index is 5.32. The zero-order valence-electron chi connectivity index (χ0n) is 8.95. The van der Waals surface area contributed by atoms with Crippen LogP contribution >= 0.6 is 12.4 Å². The summed E-state index contributed by atoms with van der Waals surface area (Å²) in [7, 11) is 3.39. The fourth-order valence-electron chi connectivity index (χ4n) is 1.67. The van der Waals surface area contributed by atoms with Gasteiger partial charge in [-0.15, -0.1) is 12.4 Å². The van der Waals surface area contributed by atoms with Crippen molar-refractivity contribution in [1.82, 2.24) is 5.32 Å². The van der Waals surface area contributed by atoms with Crippen molar-refractivity contribution in [2.24, 2.45) is 0 Å². The highest BCUT2D eigenvalue weighted by Crippen LogP contribution is 2.32. The third kappa shape index (κ3) is 2.36. The van der Waals surface area contributed by atoms with Gasteiger partial charge in [0.1, 0.15) is 11.5 Å². The van der Waals surface area contributed by atoms with Gasteiger partial charge in [-0.05, 0) is 18.2 Å². The van der Waals surface area contributed by atoms with Gasteiger partial charge in [0.05, 0.1) is 14.2 Å². The van der Waals surface area contributed by atoms with Crippen LogP contribution < -0.4 is 14.8 Å². The summed E-state index contributed by atoms with van der Waals surface area (Å²) < 4.78 is 10.5. The Morgan fingerprint density at radius 1 is 1.20 bits per heavy atom. The molecular weight excluding hydrogens is 214 g/mol. The van der Waals surface area contributed by atoms with Crippen molar-refractivity contribution in [3.63, 3.8) is 0 Å². The van der Waals surface area contributed by atoms with E-state index in [1.165, 1.54) is 5.56 Å². The maximum Gasteiger partial charge on any atom is 0.122 e. The first-order valence-electron chi connectivity index (χ1n) is 4.78.